The number of ether oxygens (including phenoxy) is 2. The molecule has 1 saturated carbocycles. The van der Waals surface area contributed by atoms with Crippen molar-refractivity contribution in [1.29, 1.82) is 0 Å². The van der Waals surface area contributed by atoms with E-state index < -0.39 is 69.2 Å². The summed E-state index contributed by atoms with van der Waals surface area (Å²) in [5.41, 5.74) is 0. The summed E-state index contributed by atoms with van der Waals surface area (Å²) < 4.78 is 26.1. The molecule has 4 aromatic carbocycles. The number of rotatable bonds is 8. The molecule has 4 aromatic rings. The van der Waals surface area contributed by atoms with E-state index in [2.05, 4.69) is 41.5 Å². The van der Waals surface area contributed by atoms with E-state index in [-0.39, 0.29) is 0 Å². The van der Waals surface area contributed by atoms with Crippen molar-refractivity contribution in [2.75, 3.05) is 0 Å². The summed E-state index contributed by atoms with van der Waals surface area (Å²) in [4.78, 5) is 27.6. The number of hydrogen-bond donors (Lipinski definition) is 1. The molecule has 0 bridgehead atoms. The molecule has 6 rings (SSSR count). The lowest BCUT2D eigenvalue weighted by Crippen LogP contribution is -2.74. The van der Waals surface area contributed by atoms with Gasteiger partial charge in [0.05, 0.1) is 0 Å². The molecule has 2 fully saturated rings. The highest BCUT2D eigenvalue weighted by Gasteiger charge is 2.64. The van der Waals surface area contributed by atoms with E-state index in [0.29, 0.717) is 0 Å². The zero-order valence-corrected chi connectivity index (χ0v) is 30.3. The van der Waals surface area contributed by atoms with Crippen LogP contribution < -0.4 is 20.7 Å². The van der Waals surface area contributed by atoms with Crippen LogP contribution in [0.25, 0.3) is 0 Å². The highest BCUT2D eigenvalue weighted by atomic mass is 28.4. The number of hydrogen-bond acceptors (Lipinski definition) is 7. The molecule has 2 aliphatic rings. The first kappa shape index (κ1) is 34.0. The monoisotopic (exact) mass is 680 g/mol. The van der Waals surface area contributed by atoms with Crippen LogP contribution in [0.2, 0.25) is 10.1 Å². The summed E-state index contributed by atoms with van der Waals surface area (Å²) in [6, 6.07) is 39.7. The van der Waals surface area contributed by atoms with E-state index in [1.165, 1.54) is 0 Å². The smallest absolute Gasteiger partial charge is 0.424 e. The fourth-order valence-electron chi connectivity index (χ4n) is 7.58. The number of aliphatic hydroxyl groups is 1. The lowest BCUT2D eigenvalue weighted by Gasteiger charge is -2.50. The van der Waals surface area contributed by atoms with Crippen LogP contribution in [0.3, 0.4) is 0 Å². The summed E-state index contributed by atoms with van der Waals surface area (Å²) in [7, 11) is -6.59. The minimum Gasteiger partial charge on any atom is -0.424 e. The van der Waals surface area contributed by atoms with Gasteiger partial charge in [-0.05, 0) is 30.8 Å². The van der Waals surface area contributed by atoms with Crippen molar-refractivity contribution in [2.24, 2.45) is 0 Å². The van der Waals surface area contributed by atoms with E-state index in [4.69, 9.17) is 18.3 Å². The number of fused-ring (bicyclic) bond motifs is 1. The molecule has 0 amide bonds. The van der Waals surface area contributed by atoms with E-state index in [1.807, 2.05) is 121 Å². The Morgan fingerprint density at radius 1 is 0.542 bits per heavy atom. The molecular weight excluding hydrogens is 637 g/mol. The Kier molecular flexibility index (Phi) is 9.12. The minimum atomic E-state index is -3.30. The molecule has 0 spiro atoms. The Labute approximate surface area is 285 Å². The summed E-state index contributed by atoms with van der Waals surface area (Å²) in [6.45, 7) is 12.6. The number of aliphatic hydroxyl groups excluding tert-OH is 1. The first-order valence-electron chi connectivity index (χ1n) is 16.5. The largest absolute Gasteiger partial charge is 0.509 e. The van der Waals surface area contributed by atoms with Gasteiger partial charge in [-0.1, -0.05) is 163 Å². The molecule has 1 aliphatic carbocycles. The lowest BCUT2D eigenvalue weighted by atomic mass is 9.86. The Hall–Kier alpha value is -3.87. The zero-order valence-electron chi connectivity index (χ0n) is 28.3. The van der Waals surface area contributed by atoms with Crippen LogP contribution in [-0.2, 0) is 23.1 Å². The topological polar surface area (TPSA) is 91.3 Å². The third kappa shape index (κ3) is 5.67. The van der Waals surface area contributed by atoms with Crippen LogP contribution in [0.15, 0.2) is 121 Å². The van der Waals surface area contributed by atoms with Gasteiger partial charge in [0.15, 0.2) is 18.0 Å². The van der Waals surface area contributed by atoms with Crippen LogP contribution in [0.5, 0.6) is 0 Å². The fourth-order valence-corrected chi connectivity index (χ4v) is 16.9. The van der Waals surface area contributed by atoms with Crippen LogP contribution in [-0.4, -0.2) is 64.2 Å². The van der Waals surface area contributed by atoms with Gasteiger partial charge in [-0.25, -0.2) is 4.79 Å². The van der Waals surface area contributed by atoms with Gasteiger partial charge in [0.1, 0.15) is 18.3 Å². The van der Waals surface area contributed by atoms with Gasteiger partial charge in [-0.15, -0.1) is 0 Å². The maximum atomic E-state index is 14.6. The normalized spacial score (nSPS) is 23.3. The van der Waals surface area contributed by atoms with Crippen molar-refractivity contribution < 1.29 is 33.0 Å². The first-order chi connectivity index (χ1) is 22.8. The molecule has 5 atom stereocenters. The molecule has 48 heavy (non-hydrogen) atoms. The van der Waals surface area contributed by atoms with Crippen molar-refractivity contribution in [2.45, 2.75) is 82.1 Å². The summed E-state index contributed by atoms with van der Waals surface area (Å²) in [6.07, 6.45) is -7.26. The second-order valence-electron chi connectivity index (χ2n) is 14.7. The third-order valence-corrected chi connectivity index (χ3v) is 19.8. The summed E-state index contributed by atoms with van der Waals surface area (Å²) >= 11 is 0. The fraction of sp³-hybridized carbons (Fsp3) is 0.333. The third-order valence-electron chi connectivity index (χ3n) is 9.74. The molecule has 0 aromatic heterocycles. The molecule has 1 heterocycles. The average Bonchev–Trinajstić information content (AvgIpc) is 3.46. The SMILES string of the molecule is CC(C)(C)[Si](O[C@@H]1[C@H]2OC(=O)O[C@@H]2[C@H](O[Si](c2ccccc2)(c2ccccc2)C(C)(C)C)C(=O)[C@H]1O)(c1ccccc1)c1ccccc1. The van der Waals surface area contributed by atoms with Crippen molar-refractivity contribution in [3.63, 3.8) is 0 Å². The van der Waals surface area contributed by atoms with Crippen LogP contribution >= 0.6 is 0 Å². The summed E-state index contributed by atoms with van der Waals surface area (Å²) in [5, 5.41) is 15.0. The Morgan fingerprint density at radius 2 is 0.875 bits per heavy atom. The Balaban J connectivity index is 1.48. The molecule has 1 N–H and O–H groups in total. The van der Waals surface area contributed by atoms with Crippen LogP contribution in [0, 0.1) is 0 Å². The van der Waals surface area contributed by atoms with Gasteiger partial charge >= 0.3 is 6.16 Å². The van der Waals surface area contributed by atoms with Crippen LogP contribution in [0.1, 0.15) is 41.5 Å². The molecule has 9 heteroatoms. The standard InChI is InChI=1S/C39H44O7Si2/c1-38(2,3)47(27-19-11-7-12-20-27,28-21-13-8-14-22-28)45-33-31(40)32(41)34(36-35(33)43-37(42)44-36)46-48(39(4,5)6,29-23-15-9-16-24-29)30-25-17-10-18-26-30/h7-26,31,33-36,40H,1-6H3/t31-,33+,34-,35-,36-/m1/s1. The molecular formula is C39H44O7Si2. The van der Waals surface area contributed by atoms with E-state index in [9.17, 15) is 14.7 Å². The Morgan fingerprint density at radius 3 is 1.23 bits per heavy atom. The number of carbonyl (C=O) groups excluding carboxylic acids is 2. The summed E-state index contributed by atoms with van der Waals surface area (Å²) in [5.74, 6) is -0.592. The first-order valence-corrected chi connectivity index (χ1v) is 20.3. The van der Waals surface area contributed by atoms with Crippen molar-refractivity contribution in [3.8, 4) is 0 Å². The highest BCUT2D eigenvalue weighted by Crippen LogP contribution is 2.44. The number of ketones is 1. The van der Waals surface area contributed by atoms with E-state index >= 15 is 0 Å². The van der Waals surface area contributed by atoms with Gasteiger partial charge in [0.2, 0.25) is 0 Å². The van der Waals surface area contributed by atoms with E-state index in [0.717, 1.165) is 20.7 Å². The predicted octanol–water partition coefficient (Wildman–Crippen LogP) is 4.72. The Bertz CT molecular complexity index is 1640. The quantitative estimate of drug-likeness (QED) is 0.213. The van der Waals surface area contributed by atoms with Gasteiger partial charge in [0, 0.05) is 0 Å². The highest BCUT2D eigenvalue weighted by molar-refractivity contribution is 7.00. The molecule has 0 unspecified atom stereocenters. The molecule has 0 radical (unpaired) electrons. The minimum absolute atomic E-state index is 0.459. The number of carbonyl (C=O) groups is 2. The lowest BCUT2D eigenvalue weighted by molar-refractivity contribution is -0.162. The zero-order chi connectivity index (χ0) is 34.3. The average molecular weight is 681 g/mol. The maximum Gasteiger partial charge on any atom is 0.509 e. The van der Waals surface area contributed by atoms with Crippen molar-refractivity contribution in [1.82, 2.24) is 0 Å². The van der Waals surface area contributed by atoms with Gasteiger partial charge in [0.25, 0.3) is 16.6 Å². The molecule has 7 nitrogen and oxygen atoms in total. The van der Waals surface area contributed by atoms with E-state index in [1.54, 1.807) is 0 Å². The number of Topliss-reactive ketones (excluding diaryl/α,β-unsaturated/α-hetero) is 1. The second-order valence-corrected chi connectivity index (χ2v) is 23.2. The van der Waals surface area contributed by atoms with Crippen LogP contribution in [0.4, 0.5) is 4.79 Å². The maximum absolute atomic E-state index is 14.6. The molecule has 250 valence electrons. The predicted molar refractivity (Wildman–Crippen MR) is 191 cm³/mol. The van der Waals surface area contributed by atoms with Gasteiger partial charge < -0.3 is 23.4 Å². The number of benzene rings is 4. The van der Waals surface area contributed by atoms with Crippen molar-refractivity contribution in [3.05, 3.63) is 121 Å². The van der Waals surface area contributed by atoms with Crippen molar-refractivity contribution >= 4 is 49.3 Å². The molecule has 1 saturated heterocycles. The second kappa shape index (κ2) is 12.9. The van der Waals surface area contributed by atoms with Gasteiger partial charge in [-0.2, -0.15) is 0 Å². The van der Waals surface area contributed by atoms with Gasteiger partial charge in [-0.3, -0.25) is 4.79 Å². The molecule has 1 aliphatic heterocycles.